The molecule has 116 valence electrons. The molecule has 3 rings (SSSR count). The van der Waals surface area contributed by atoms with Crippen molar-refractivity contribution in [2.45, 2.75) is 26.0 Å². The number of aliphatic hydroxyl groups excluding tert-OH is 1. The third-order valence-corrected chi connectivity index (χ3v) is 4.29. The number of benzene rings is 2. The Bertz CT molecular complexity index is 576. The summed E-state index contributed by atoms with van der Waals surface area (Å²) < 4.78 is 5.78. The quantitative estimate of drug-likeness (QED) is 0.786. The fraction of sp³-hybridized carbons (Fsp3) is 0.368. The van der Waals surface area contributed by atoms with Crippen LogP contribution in [0.25, 0.3) is 0 Å². The Hall–Kier alpha value is -1.84. The Morgan fingerprint density at radius 2 is 1.68 bits per heavy atom. The third-order valence-electron chi connectivity index (χ3n) is 4.29. The highest BCUT2D eigenvalue weighted by Gasteiger charge is 2.41. The summed E-state index contributed by atoms with van der Waals surface area (Å²) in [6, 6.07) is 18.4. The van der Waals surface area contributed by atoms with Gasteiger partial charge in [-0.2, -0.15) is 0 Å². The second kappa shape index (κ2) is 6.95. The van der Waals surface area contributed by atoms with Crippen LogP contribution in [-0.4, -0.2) is 18.3 Å². The molecule has 0 aliphatic heterocycles. The van der Waals surface area contributed by atoms with Crippen LogP contribution in [0.3, 0.4) is 0 Å². The minimum Gasteiger partial charge on any atom is -0.489 e. The molecule has 0 amide bonds. The first-order valence-electron chi connectivity index (χ1n) is 7.87. The van der Waals surface area contributed by atoms with Crippen LogP contribution in [0.4, 0.5) is 0 Å². The summed E-state index contributed by atoms with van der Waals surface area (Å²) in [5.74, 6) is 0.890. The molecule has 3 heteroatoms. The molecule has 1 saturated carbocycles. The summed E-state index contributed by atoms with van der Waals surface area (Å²) in [5.41, 5.74) is 2.58. The van der Waals surface area contributed by atoms with Crippen LogP contribution < -0.4 is 10.1 Å². The maximum absolute atomic E-state index is 9.29. The molecule has 3 nitrogen and oxygen atoms in total. The predicted octanol–water partition coefficient (Wildman–Crippen LogP) is 3.13. The molecule has 0 aromatic heterocycles. The van der Waals surface area contributed by atoms with E-state index >= 15 is 0 Å². The van der Waals surface area contributed by atoms with E-state index < -0.39 is 0 Å². The molecular formula is C19H23NO2. The number of rotatable bonds is 8. The molecule has 1 aliphatic carbocycles. The van der Waals surface area contributed by atoms with Gasteiger partial charge in [-0.25, -0.2) is 0 Å². The van der Waals surface area contributed by atoms with Gasteiger partial charge >= 0.3 is 0 Å². The Labute approximate surface area is 131 Å². The van der Waals surface area contributed by atoms with E-state index in [-0.39, 0.29) is 5.41 Å². The number of aliphatic hydroxyl groups is 1. The van der Waals surface area contributed by atoms with Crippen LogP contribution in [0, 0.1) is 5.41 Å². The van der Waals surface area contributed by atoms with Gasteiger partial charge in [0.25, 0.3) is 0 Å². The van der Waals surface area contributed by atoms with Gasteiger partial charge < -0.3 is 15.2 Å². The minimum absolute atomic E-state index is 0.165. The highest BCUT2D eigenvalue weighted by molar-refractivity contribution is 5.27. The monoisotopic (exact) mass is 297 g/mol. The molecule has 0 heterocycles. The van der Waals surface area contributed by atoms with E-state index in [4.69, 9.17) is 4.74 Å². The lowest BCUT2D eigenvalue weighted by Crippen LogP contribution is -2.26. The highest BCUT2D eigenvalue weighted by atomic mass is 16.5. The molecule has 0 unspecified atom stereocenters. The Kier molecular flexibility index (Phi) is 4.76. The normalized spacial score (nSPS) is 15.5. The van der Waals surface area contributed by atoms with Crippen molar-refractivity contribution in [3.05, 3.63) is 65.7 Å². The molecule has 2 aromatic carbocycles. The Morgan fingerprint density at radius 3 is 2.32 bits per heavy atom. The second-order valence-corrected chi connectivity index (χ2v) is 6.18. The van der Waals surface area contributed by atoms with Crippen molar-refractivity contribution in [2.75, 3.05) is 13.2 Å². The van der Waals surface area contributed by atoms with E-state index in [1.165, 1.54) is 11.1 Å². The van der Waals surface area contributed by atoms with Crippen molar-refractivity contribution in [1.29, 1.82) is 0 Å². The highest BCUT2D eigenvalue weighted by Crippen LogP contribution is 2.44. The molecule has 0 spiro atoms. The van der Waals surface area contributed by atoms with Gasteiger partial charge in [0, 0.05) is 25.1 Å². The first kappa shape index (κ1) is 15.1. The summed E-state index contributed by atoms with van der Waals surface area (Å²) in [5, 5.41) is 12.7. The van der Waals surface area contributed by atoms with Gasteiger partial charge in [0.15, 0.2) is 0 Å². The van der Waals surface area contributed by atoms with Crippen molar-refractivity contribution in [3.63, 3.8) is 0 Å². The van der Waals surface area contributed by atoms with E-state index in [2.05, 4.69) is 29.6 Å². The zero-order valence-electron chi connectivity index (χ0n) is 12.8. The van der Waals surface area contributed by atoms with E-state index in [1.807, 2.05) is 30.3 Å². The molecule has 1 aliphatic rings. The van der Waals surface area contributed by atoms with E-state index in [9.17, 15) is 5.11 Å². The lowest BCUT2D eigenvalue weighted by Gasteiger charge is -2.13. The van der Waals surface area contributed by atoms with Crippen molar-refractivity contribution in [3.8, 4) is 5.75 Å². The van der Waals surface area contributed by atoms with Crippen molar-refractivity contribution >= 4 is 0 Å². The molecule has 0 bridgehead atoms. The fourth-order valence-electron chi connectivity index (χ4n) is 2.48. The van der Waals surface area contributed by atoms with Gasteiger partial charge in [-0.05, 0) is 36.1 Å². The zero-order chi connectivity index (χ0) is 15.3. The first-order chi connectivity index (χ1) is 10.8. The van der Waals surface area contributed by atoms with Gasteiger partial charge in [0.1, 0.15) is 12.4 Å². The van der Waals surface area contributed by atoms with Gasteiger partial charge in [0.05, 0.1) is 0 Å². The summed E-state index contributed by atoms with van der Waals surface area (Å²) in [7, 11) is 0. The zero-order valence-corrected chi connectivity index (χ0v) is 12.8. The second-order valence-electron chi connectivity index (χ2n) is 6.18. The molecule has 22 heavy (non-hydrogen) atoms. The van der Waals surface area contributed by atoms with Crippen LogP contribution in [0.15, 0.2) is 54.6 Å². The summed E-state index contributed by atoms with van der Waals surface area (Å²) in [4.78, 5) is 0. The summed E-state index contributed by atoms with van der Waals surface area (Å²) in [6.45, 7) is 2.63. The van der Waals surface area contributed by atoms with Gasteiger partial charge in [-0.3, -0.25) is 0 Å². The van der Waals surface area contributed by atoms with Gasteiger partial charge in [-0.1, -0.05) is 42.5 Å². The van der Waals surface area contributed by atoms with E-state index in [1.54, 1.807) is 0 Å². The lowest BCUT2D eigenvalue weighted by molar-refractivity contribution is 0.207. The maximum Gasteiger partial charge on any atom is 0.119 e. The van der Waals surface area contributed by atoms with Crippen LogP contribution >= 0.6 is 0 Å². The number of hydrogen-bond acceptors (Lipinski definition) is 3. The molecule has 2 N–H and O–H groups in total. The average molecular weight is 297 g/mol. The number of ether oxygens (including phenoxy) is 1. The number of hydrogen-bond donors (Lipinski definition) is 2. The Balaban J connectivity index is 1.44. The van der Waals surface area contributed by atoms with Crippen LogP contribution in [0.1, 0.15) is 24.0 Å². The van der Waals surface area contributed by atoms with Crippen LogP contribution in [0.5, 0.6) is 5.75 Å². The average Bonchev–Trinajstić information content (AvgIpc) is 3.36. The van der Waals surface area contributed by atoms with E-state index in [0.717, 1.165) is 31.7 Å². The lowest BCUT2D eigenvalue weighted by atomic mass is 10.1. The molecular weight excluding hydrogens is 274 g/mol. The maximum atomic E-state index is 9.29. The molecule has 2 aromatic rings. The SMILES string of the molecule is OCC1(CNCc2ccc(OCc3ccccc3)cc2)CC1. The fourth-order valence-corrected chi connectivity index (χ4v) is 2.48. The third kappa shape index (κ3) is 4.09. The Morgan fingerprint density at radius 1 is 0.955 bits per heavy atom. The van der Waals surface area contributed by atoms with Crippen LogP contribution in [-0.2, 0) is 13.2 Å². The number of nitrogens with one attached hydrogen (secondary N) is 1. The predicted molar refractivity (Wildman–Crippen MR) is 87.7 cm³/mol. The smallest absolute Gasteiger partial charge is 0.119 e. The minimum atomic E-state index is 0.165. The summed E-state index contributed by atoms with van der Waals surface area (Å²) in [6.07, 6.45) is 2.28. The van der Waals surface area contributed by atoms with Gasteiger partial charge in [-0.15, -0.1) is 0 Å². The standard InChI is InChI=1S/C19H23NO2/c21-15-19(10-11-19)14-20-12-16-6-8-18(9-7-16)22-13-17-4-2-1-3-5-17/h1-9,20-21H,10-15H2. The van der Waals surface area contributed by atoms with Crippen LogP contribution in [0.2, 0.25) is 0 Å². The first-order valence-corrected chi connectivity index (χ1v) is 7.87. The summed E-state index contributed by atoms with van der Waals surface area (Å²) >= 11 is 0. The molecule has 1 fully saturated rings. The molecule has 0 saturated heterocycles. The van der Waals surface area contributed by atoms with Crippen molar-refractivity contribution in [2.24, 2.45) is 5.41 Å². The van der Waals surface area contributed by atoms with Crippen molar-refractivity contribution < 1.29 is 9.84 Å². The van der Waals surface area contributed by atoms with Crippen molar-refractivity contribution in [1.82, 2.24) is 5.32 Å². The van der Waals surface area contributed by atoms with Gasteiger partial charge in [0.2, 0.25) is 0 Å². The molecule has 0 radical (unpaired) electrons. The molecule has 0 atom stereocenters. The van der Waals surface area contributed by atoms with E-state index in [0.29, 0.717) is 13.2 Å². The topological polar surface area (TPSA) is 41.5 Å². The largest absolute Gasteiger partial charge is 0.489 e.